The van der Waals surface area contributed by atoms with Gasteiger partial charge in [-0.15, -0.1) is 11.3 Å². The molecule has 0 bridgehead atoms. The highest BCUT2D eigenvalue weighted by Crippen LogP contribution is 2.22. The number of aromatic amines is 1. The van der Waals surface area contributed by atoms with Crippen molar-refractivity contribution in [3.8, 4) is 0 Å². The summed E-state index contributed by atoms with van der Waals surface area (Å²) in [4.78, 5) is 41.6. The molecule has 0 aromatic carbocycles. The molecule has 2 heterocycles. The van der Waals surface area contributed by atoms with Crippen LogP contribution in [-0.4, -0.2) is 35.7 Å². The van der Waals surface area contributed by atoms with Gasteiger partial charge in [0.25, 0.3) is 11.5 Å². The summed E-state index contributed by atoms with van der Waals surface area (Å²) in [5.41, 5.74) is 4.90. The quantitative estimate of drug-likeness (QED) is 0.675. The fourth-order valence-corrected chi connectivity index (χ4v) is 3.27. The molecule has 0 unspecified atom stereocenters. The van der Waals surface area contributed by atoms with E-state index in [0.717, 1.165) is 0 Å². The number of amides is 1. The van der Waals surface area contributed by atoms with Gasteiger partial charge in [0, 0.05) is 26.8 Å². The molecular weight excluding hydrogens is 356 g/mol. The first-order valence-corrected chi connectivity index (χ1v) is 9.21. The number of thiophene rings is 1. The zero-order valence-electron chi connectivity index (χ0n) is 15.2. The fraction of sp³-hybridized carbons (Fsp3) is 0.471. The Balaban J connectivity index is 2.54. The molecule has 2 aromatic heterocycles. The third-order valence-electron chi connectivity index (χ3n) is 3.74. The van der Waals surface area contributed by atoms with Crippen LogP contribution < -0.4 is 21.9 Å². The number of nitrogens with one attached hydrogen (secondary N) is 1. The number of hydrogen-bond donors (Lipinski definition) is 2. The van der Waals surface area contributed by atoms with Gasteiger partial charge in [-0.05, 0) is 23.8 Å². The number of methoxy groups -OCH3 is 1. The number of carbonyl (C=O) groups is 1. The Kier molecular flexibility index (Phi) is 6.76. The summed E-state index contributed by atoms with van der Waals surface area (Å²) in [5, 5.41) is 1.79. The lowest BCUT2D eigenvalue weighted by Crippen LogP contribution is -2.42. The van der Waals surface area contributed by atoms with Gasteiger partial charge in [-0.25, -0.2) is 4.79 Å². The molecule has 2 rings (SSSR count). The van der Waals surface area contributed by atoms with Crippen LogP contribution in [0.2, 0.25) is 0 Å². The van der Waals surface area contributed by atoms with E-state index in [4.69, 9.17) is 10.5 Å². The van der Waals surface area contributed by atoms with Crippen molar-refractivity contribution in [2.24, 2.45) is 5.92 Å². The maximum Gasteiger partial charge on any atom is 0.330 e. The molecule has 3 N–H and O–H groups in total. The number of rotatable bonds is 8. The first-order chi connectivity index (χ1) is 12.4. The van der Waals surface area contributed by atoms with Crippen molar-refractivity contribution >= 4 is 28.7 Å². The molecule has 1 amide bonds. The van der Waals surface area contributed by atoms with Crippen molar-refractivity contribution < 1.29 is 9.53 Å². The second-order valence-corrected chi connectivity index (χ2v) is 7.23. The Morgan fingerprint density at radius 2 is 2.15 bits per heavy atom. The van der Waals surface area contributed by atoms with E-state index in [-0.39, 0.29) is 29.9 Å². The Labute approximate surface area is 155 Å². The fourth-order valence-electron chi connectivity index (χ4n) is 2.60. The number of nitrogens with zero attached hydrogens (tertiary/aromatic N) is 2. The highest BCUT2D eigenvalue weighted by atomic mass is 32.1. The summed E-state index contributed by atoms with van der Waals surface area (Å²) >= 11 is 1.28. The molecule has 8 nitrogen and oxygen atoms in total. The van der Waals surface area contributed by atoms with Gasteiger partial charge in [0.05, 0.1) is 4.88 Å². The molecule has 0 saturated heterocycles. The lowest BCUT2D eigenvalue weighted by Gasteiger charge is -2.24. The monoisotopic (exact) mass is 380 g/mol. The summed E-state index contributed by atoms with van der Waals surface area (Å²) in [7, 11) is 1.56. The van der Waals surface area contributed by atoms with E-state index in [1.165, 1.54) is 20.8 Å². The average molecular weight is 380 g/mol. The van der Waals surface area contributed by atoms with Crippen molar-refractivity contribution in [2.75, 3.05) is 30.9 Å². The van der Waals surface area contributed by atoms with Crippen molar-refractivity contribution in [3.63, 3.8) is 0 Å². The smallest absolute Gasteiger partial charge is 0.330 e. The van der Waals surface area contributed by atoms with Gasteiger partial charge in [0.1, 0.15) is 5.82 Å². The van der Waals surface area contributed by atoms with Crippen molar-refractivity contribution in [2.45, 2.75) is 26.8 Å². The minimum absolute atomic E-state index is 0.000229. The molecule has 2 aromatic rings. The van der Waals surface area contributed by atoms with Crippen LogP contribution in [0.1, 0.15) is 29.9 Å². The SMILES string of the molecule is COCCCN(C(=O)c1cccs1)c1c(N)n(CC(C)C)c(=O)[nH]c1=O. The van der Waals surface area contributed by atoms with Gasteiger partial charge in [-0.1, -0.05) is 19.9 Å². The average Bonchev–Trinajstić information content (AvgIpc) is 3.11. The summed E-state index contributed by atoms with van der Waals surface area (Å²) in [6, 6.07) is 3.45. The van der Waals surface area contributed by atoms with Crippen molar-refractivity contribution in [3.05, 3.63) is 43.2 Å². The third kappa shape index (κ3) is 4.41. The number of ether oxygens (including phenoxy) is 1. The van der Waals surface area contributed by atoms with E-state index < -0.39 is 11.2 Å². The topological polar surface area (TPSA) is 110 Å². The summed E-state index contributed by atoms with van der Waals surface area (Å²) in [6.45, 7) is 4.89. The van der Waals surface area contributed by atoms with Crippen LogP contribution in [0.25, 0.3) is 0 Å². The molecule has 0 aliphatic carbocycles. The Morgan fingerprint density at radius 1 is 1.42 bits per heavy atom. The van der Waals surface area contributed by atoms with E-state index in [2.05, 4.69) is 4.98 Å². The maximum atomic E-state index is 12.9. The first-order valence-electron chi connectivity index (χ1n) is 8.33. The van der Waals surface area contributed by atoms with Crippen LogP contribution in [0, 0.1) is 5.92 Å². The zero-order valence-corrected chi connectivity index (χ0v) is 16.0. The van der Waals surface area contributed by atoms with Gasteiger partial charge < -0.3 is 10.5 Å². The van der Waals surface area contributed by atoms with E-state index in [1.807, 2.05) is 13.8 Å². The highest BCUT2D eigenvalue weighted by molar-refractivity contribution is 7.12. The Morgan fingerprint density at radius 3 is 2.73 bits per heavy atom. The van der Waals surface area contributed by atoms with Crippen LogP contribution in [0.5, 0.6) is 0 Å². The number of aromatic nitrogens is 2. The summed E-state index contributed by atoms with van der Waals surface area (Å²) in [5.74, 6) is -0.193. The predicted octanol–water partition coefficient (Wildman–Crippen LogP) is 1.52. The lowest BCUT2D eigenvalue weighted by molar-refractivity contribution is 0.0987. The molecule has 0 saturated carbocycles. The number of nitrogens with two attached hydrogens (primary N) is 1. The van der Waals surface area contributed by atoms with Gasteiger partial charge >= 0.3 is 5.69 Å². The van der Waals surface area contributed by atoms with Crippen LogP contribution in [0.3, 0.4) is 0 Å². The Hall–Kier alpha value is -2.39. The van der Waals surface area contributed by atoms with Crippen LogP contribution in [-0.2, 0) is 11.3 Å². The van der Waals surface area contributed by atoms with Gasteiger partial charge in [-0.2, -0.15) is 0 Å². The molecule has 0 atom stereocenters. The molecule has 142 valence electrons. The largest absolute Gasteiger partial charge is 0.385 e. The van der Waals surface area contributed by atoms with E-state index in [0.29, 0.717) is 24.4 Å². The lowest BCUT2D eigenvalue weighted by atomic mass is 10.2. The number of anilines is 2. The molecule has 9 heteroatoms. The predicted molar refractivity (Wildman–Crippen MR) is 103 cm³/mol. The highest BCUT2D eigenvalue weighted by Gasteiger charge is 2.25. The number of carbonyl (C=O) groups excluding carboxylic acids is 1. The minimum atomic E-state index is -0.671. The molecule has 0 aliphatic rings. The molecule has 0 spiro atoms. The van der Waals surface area contributed by atoms with Gasteiger partial charge in [0.2, 0.25) is 0 Å². The standard InChI is InChI=1S/C17H24N4O4S/c1-11(2)10-21-14(18)13(15(22)19-17(21)24)20(7-5-8-25-3)16(23)12-6-4-9-26-12/h4,6,9,11H,5,7-8,10,18H2,1-3H3,(H,19,22,24). The summed E-state index contributed by atoms with van der Waals surface area (Å²) in [6.07, 6.45) is 0.524. The summed E-state index contributed by atoms with van der Waals surface area (Å²) < 4.78 is 6.34. The van der Waals surface area contributed by atoms with E-state index in [1.54, 1.807) is 24.6 Å². The second-order valence-electron chi connectivity index (χ2n) is 6.28. The van der Waals surface area contributed by atoms with Crippen molar-refractivity contribution in [1.29, 1.82) is 0 Å². The van der Waals surface area contributed by atoms with Gasteiger partial charge in [0.15, 0.2) is 5.69 Å². The Bertz CT molecular complexity index is 855. The molecule has 0 radical (unpaired) electrons. The van der Waals surface area contributed by atoms with Crippen LogP contribution in [0.4, 0.5) is 11.5 Å². The second kappa shape index (κ2) is 8.81. The molecule has 0 aliphatic heterocycles. The van der Waals surface area contributed by atoms with Crippen LogP contribution in [0.15, 0.2) is 27.1 Å². The normalized spacial score (nSPS) is 11.1. The third-order valence-corrected chi connectivity index (χ3v) is 4.60. The number of nitrogen functional groups attached to an aromatic ring is 1. The minimum Gasteiger partial charge on any atom is -0.385 e. The zero-order chi connectivity index (χ0) is 19.3. The van der Waals surface area contributed by atoms with E-state index in [9.17, 15) is 14.4 Å². The molecular formula is C17H24N4O4S. The van der Waals surface area contributed by atoms with Crippen molar-refractivity contribution in [1.82, 2.24) is 9.55 Å². The van der Waals surface area contributed by atoms with E-state index >= 15 is 0 Å². The van der Waals surface area contributed by atoms with Crippen LogP contribution >= 0.6 is 11.3 Å². The maximum absolute atomic E-state index is 12.9. The first kappa shape index (κ1) is 19.9. The number of hydrogen-bond acceptors (Lipinski definition) is 6. The molecule has 26 heavy (non-hydrogen) atoms. The van der Waals surface area contributed by atoms with Gasteiger partial charge in [-0.3, -0.25) is 24.0 Å². The number of H-pyrrole nitrogens is 1. The molecule has 0 fully saturated rings.